The van der Waals surface area contributed by atoms with Crippen molar-refractivity contribution in [3.05, 3.63) is 61.4 Å². The summed E-state index contributed by atoms with van der Waals surface area (Å²) in [5, 5.41) is 0. The van der Waals surface area contributed by atoms with Gasteiger partial charge in [-0.3, -0.25) is 28.1 Å². The second kappa shape index (κ2) is 6.92. The van der Waals surface area contributed by atoms with Crippen LogP contribution in [0.25, 0.3) is 11.4 Å². The van der Waals surface area contributed by atoms with Gasteiger partial charge in [0.15, 0.2) is 0 Å². The van der Waals surface area contributed by atoms with Crippen LogP contribution in [0.1, 0.15) is 138 Å². The van der Waals surface area contributed by atoms with Crippen molar-refractivity contribution in [3.8, 4) is 11.4 Å². The first-order valence-electron chi connectivity index (χ1n) is 16.9. The van der Waals surface area contributed by atoms with Gasteiger partial charge in [0.1, 0.15) is 0 Å². The Kier molecular flexibility index (Phi) is 3.85. The molecule has 6 aliphatic carbocycles. The normalized spacial score (nSPS) is 27.2. The van der Waals surface area contributed by atoms with Crippen LogP contribution in [-0.2, 0) is 21.7 Å². The summed E-state index contributed by atoms with van der Waals surface area (Å²) in [5.41, 5.74) is 9.33. The standard InChI is InChI=1S/C34H39BN4O2/c40-29-24-27(33(16-5-6-17-33)20-31(24)12-1-2-13-31)36-22-10-9-11-23-26(22)35(38(29)36)39-30(41)25-28(37(23)39)34(18-7-8-19-34)21-32(25)14-3-4-15-32/h9-11H,1-8,12-21H2. The highest BCUT2D eigenvalue weighted by Crippen LogP contribution is 2.63. The molecule has 11 rings (SSSR count). The summed E-state index contributed by atoms with van der Waals surface area (Å²) in [5.74, 6) is 0. The number of fused-ring (bicyclic) bond motifs is 14. The van der Waals surface area contributed by atoms with Crippen molar-refractivity contribution in [2.45, 2.75) is 137 Å². The molecule has 2 aromatic heterocycles. The van der Waals surface area contributed by atoms with E-state index >= 15 is 0 Å². The summed E-state index contributed by atoms with van der Waals surface area (Å²) in [6.45, 7) is -0.341. The maximum Gasteiger partial charge on any atom is 0.462 e. The molecule has 1 aromatic carbocycles. The Bertz CT molecular complexity index is 1700. The first kappa shape index (κ1) is 22.8. The van der Waals surface area contributed by atoms with Crippen LogP contribution in [0.3, 0.4) is 0 Å². The molecule has 0 unspecified atom stereocenters. The molecular formula is C34H39BN4O2. The number of hydrogen-bond donors (Lipinski definition) is 0. The Balaban J connectivity index is 1.24. The molecule has 0 atom stereocenters. The second-order valence-corrected chi connectivity index (χ2v) is 15.8. The quantitative estimate of drug-likeness (QED) is 0.255. The monoisotopic (exact) mass is 546 g/mol. The summed E-state index contributed by atoms with van der Waals surface area (Å²) in [6, 6.07) is 6.70. The fraction of sp³-hybridized carbons (Fsp3) is 0.647. The number of benzene rings is 1. The first-order valence-corrected chi connectivity index (χ1v) is 16.9. The van der Waals surface area contributed by atoms with E-state index in [4.69, 9.17) is 0 Å². The second-order valence-electron chi connectivity index (χ2n) is 15.8. The summed E-state index contributed by atoms with van der Waals surface area (Å²) in [7, 11) is 0. The fourth-order valence-electron chi connectivity index (χ4n) is 12.9. The van der Waals surface area contributed by atoms with Gasteiger partial charge in [-0.2, -0.15) is 0 Å². The third-order valence-electron chi connectivity index (χ3n) is 14.1. The van der Waals surface area contributed by atoms with Gasteiger partial charge in [-0.15, -0.1) is 0 Å². The smallest absolute Gasteiger partial charge is 0.269 e. The lowest BCUT2D eigenvalue weighted by molar-refractivity contribution is 0.310. The van der Waals surface area contributed by atoms with E-state index in [-0.39, 0.29) is 39.8 Å². The van der Waals surface area contributed by atoms with Crippen LogP contribution in [0.5, 0.6) is 0 Å². The summed E-state index contributed by atoms with van der Waals surface area (Å²) < 4.78 is 8.93. The molecule has 210 valence electrons. The van der Waals surface area contributed by atoms with E-state index in [1.165, 1.54) is 118 Å². The van der Waals surface area contributed by atoms with Gasteiger partial charge < -0.3 is 0 Å². The van der Waals surface area contributed by atoms with Crippen molar-refractivity contribution >= 4 is 12.4 Å². The Hall–Kier alpha value is -2.70. The Morgan fingerprint density at radius 2 is 0.902 bits per heavy atom. The number of nitrogens with zero attached hydrogens (tertiary/aromatic N) is 4. The molecule has 4 saturated carbocycles. The predicted octanol–water partition coefficient (Wildman–Crippen LogP) is 5.06. The molecule has 4 spiro atoms. The van der Waals surface area contributed by atoms with E-state index in [1.807, 2.05) is 0 Å². The van der Waals surface area contributed by atoms with Crippen molar-refractivity contribution in [2.24, 2.45) is 0 Å². The molecule has 4 fully saturated rings. The van der Waals surface area contributed by atoms with Gasteiger partial charge in [0.05, 0.1) is 22.8 Å². The van der Waals surface area contributed by atoms with Gasteiger partial charge >= 0.3 is 6.98 Å². The molecular weight excluding hydrogens is 507 g/mol. The Morgan fingerprint density at radius 1 is 0.537 bits per heavy atom. The molecule has 0 amide bonds. The topological polar surface area (TPSA) is 53.9 Å². The van der Waals surface area contributed by atoms with Crippen LogP contribution in [0.2, 0.25) is 0 Å². The molecule has 8 aliphatic rings. The Morgan fingerprint density at radius 3 is 1.29 bits per heavy atom. The minimum absolute atomic E-state index is 0.0496. The largest absolute Gasteiger partial charge is 0.462 e. The van der Waals surface area contributed by atoms with E-state index in [1.54, 1.807) is 0 Å². The van der Waals surface area contributed by atoms with Crippen LogP contribution in [-0.4, -0.2) is 25.5 Å². The van der Waals surface area contributed by atoms with Gasteiger partial charge in [0, 0.05) is 38.2 Å². The van der Waals surface area contributed by atoms with Crippen LogP contribution in [0.15, 0.2) is 27.8 Å². The van der Waals surface area contributed by atoms with Crippen molar-refractivity contribution in [1.29, 1.82) is 0 Å². The zero-order valence-corrected chi connectivity index (χ0v) is 24.1. The van der Waals surface area contributed by atoms with Crippen LogP contribution in [0.4, 0.5) is 0 Å². The molecule has 0 radical (unpaired) electrons. The molecule has 4 heterocycles. The maximum atomic E-state index is 14.9. The number of hydrogen-bond acceptors (Lipinski definition) is 2. The molecule has 2 aliphatic heterocycles. The van der Waals surface area contributed by atoms with Gasteiger partial charge in [-0.25, -0.2) is 0 Å². The van der Waals surface area contributed by atoms with Gasteiger partial charge in [-0.1, -0.05) is 57.4 Å². The average Bonchev–Trinajstić information content (AvgIpc) is 3.81. The van der Waals surface area contributed by atoms with E-state index in [9.17, 15) is 9.59 Å². The minimum Gasteiger partial charge on any atom is -0.269 e. The maximum absolute atomic E-state index is 14.9. The average molecular weight is 547 g/mol. The molecule has 0 bridgehead atoms. The van der Waals surface area contributed by atoms with Crippen molar-refractivity contribution < 1.29 is 0 Å². The van der Waals surface area contributed by atoms with Crippen molar-refractivity contribution in [3.63, 3.8) is 0 Å². The van der Waals surface area contributed by atoms with Crippen molar-refractivity contribution in [1.82, 2.24) is 18.5 Å². The third-order valence-corrected chi connectivity index (χ3v) is 14.1. The minimum atomic E-state index is -0.341. The molecule has 3 aromatic rings. The SMILES string of the molecule is O=c1c2c(n3n1B1c4c-3cccc4-n3c4c(c(=O)n31)C1(CCCC1)CC41CCCC1)C1(CCCC1)CC21CCCC1. The van der Waals surface area contributed by atoms with Gasteiger partial charge in [0.2, 0.25) is 0 Å². The van der Waals surface area contributed by atoms with E-state index < -0.39 is 0 Å². The Labute approximate surface area is 240 Å². The lowest BCUT2D eigenvalue weighted by Gasteiger charge is -2.31. The highest BCUT2D eigenvalue weighted by atomic mass is 16.1. The van der Waals surface area contributed by atoms with Crippen LogP contribution < -0.4 is 16.6 Å². The fourth-order valence-corrected chi connectivity index (χ4v) is 12.9. The van der Waals surface area contributed by atoms with Gasteiger partial charge in [0.25, 0.3) is 11.1 Å². The summed E-state index contributed by atoms with van der Waals surface area (Å²) in [6.07, 6.45) is 21.9. The lowest BCUT2D eigenvalue weighted by Crippen LogP contribution is -2.50. The predicted molar refractivity (Wildman–Crippen MR) is 160 cm³/mol. The van der Waals surface area contributed by atoms with E-state index in [0.29, 0.717) is 0 Å². The zero-order valence-electron chi connectivity index (χ0n) is 24.1. The molecule has 6 nitrogen and oxygen atoms in total. The summed E-state index contributed by atoms with van der Waals surface area (Å²) >= 11 is 0. The molecule has 7 heteroatoms. The highest BCUT2D eigenvalue weighted by Gasteiger charge is 2.64. The number of aromatic nitrogens is 4. The summed E-state index contributed by atoms with van der Waals surface area (Å²) in [4.78, 5) is 29.9. The van der Waals surface area contributed by atoms with E-state index in [0.717, 1.165) is 36.8 Å². The van der Waals surface area contributed by atoms with Gasteiger partial charge in [-0.05, 0) is 76.3 Å². The zero-order chi connectivity index (χ0) is 26.9. The highest BCUT2D eigenvalue weighted by molar-refractivity contribution is 6.74. The molecule has 41 heavy (non-hydrogen) atoms. The number of rotatable bonds is 0. The van der Waals surface area contributed by atoms with Crippen LogP contribution >= 0.6 is 0 Å². The first-order chi connectivity index (χ1) is 20.0. The molecule has 0 saturated heterocycles. The lowest BCUT2D eigenvalue weighted by atomic mass is 9.69. The van der Waals surface area contributed by atoms with Crippen LogP contribution in [0, 0.1) is 0 Å². The third kappa shape index (κ3) is 2.26. The van der Waals surface area contributed by atoms with E-state index in [2.05, 4.69) is 36.7 Å². The molecule has 0 N–H and O–H groups in total. The van der Waals surface area contributed by atoms with Crippen molar-refractivity contribution in [2.75, 3.05) is 0 Å².